The van der Waals surface area contributed by atoms with Crippen LogP contribution in [0.2, 0.25) is 0 Å². The lowest BCUT2D eigenvalue weighted by molar-refractivity contribution is -0.385. The van der Waals surface area contributed by atoms with Gasteiger partial charge in [0.2, 0.25) is 0 Å². The summed E-state index contributed by atoms with van der Waals surface area (Å²) in [7, 11) is 2.86. The Labute approximate surface area is 156 Å². The fourth-order valence-electron chi connectivity index (χ4n) is 2.10. The number of anilines is 1. The van der Waals surface area contributed by atoms with Crippen LogP contribution in [0.1, 0.15) is 11.1 Å². The summed E-state index contributed by atoms with van der Waals surface area (Å²) in [6.45, 7) is 1.99. The zero-order chi connectivity index (χ0) is 19.1. The number of aryl methyl sites for hydroxylation is 1. The molecule has 0 aliphatic heterocycles. The normalized spacial score (nSPS) is 10.4. The third kappa shape index (κ3) is 4.90. The monoisotopic (exact) mass is 374 g/mol. The lowest BCUT2D eigenvalue weighted by Crippen LogP contribution is -2.23. The van der Waals surface area contributed by atoms with Crippen LogP contribution in [0.3, 0.4) is 0 Å². The van der Waals surface area contributed by atoms with E-state index in [1.165, 1.54) is 32.6 Å². The average Bonchev–Trinajstić information content (AvgIpc) is 2.62. The molecule has 2 aromatic carbocycles. The molecule has 0 heterocycles. The minimum absolute atomic E-state index is 0.161. The minimum atomic E-state index is -0.522. The van der Waals surface area contributed by atoms with Crippen molar-refractivity contribution in [1.82, 2.24) is 5.43 Å². The molecule has 0 atom stereocenters. The van der Waals surface area contributed by atoms with Gasteiger partial charge in [0.05, 0.1) is 37.0 Å². The number of nitrogens with zero attached hydrogens (tertiary/aromatic N) is 2. The molecular weight excluding hydrogens is 356 g/mol. The summed E-state index contributed by atoms with van der Waals surface area (Å²) in [6, 6.07) is 10.4. The number of hydrogen-bond acceptors (Lipinski definition) is 6. The number of thiocarbonyl (C=S) groups is 1. The third-order valence-corrected chi connectivity index (χ3v) is 3.60. The number of ether oxygens (including phenoxy) is 2. The molecule has 0 bridgehead atoms. The molecule has 0 aliphatic carbocycles. The van der Waals surface area contributed by atoms with Crippen molar-refractivity contribution >= 4 is 34.9 Å². The van der Waals surface area contributed by atoms with Crippen LogP contribution in [0.15, 0.2) is 41.5 Å². The summed E-state index contributed by atoms with van der Waals surface area (Å²) in [4.78, 5) is 10.7. The summed E-state index contributed by atoms with van der Waals surface area (Å²) in [5.74, 6) is 0.626. The Bertz CT molecular complexity index is 837. The van der Waals surface area contributed by atoms with Gasteiger partial charge in [-0.05, 0) is 37.3 Å². The molecule has 0 aliphatic rings. The third-order valence-electron chi connectivity index (χ3n) is 3.41. The Morgan fingerprint density at radius 2 is 1.81 bits per heavy atom. The molecule has 26 heavy (non-hydrogen) atoms. The first-order valence-corrected chi connectivity index (χ1v) is 7.92. The zero-order valence-electron chi connectivity index (χ0n) is 14.5. The smallest absolute Gasteiger partial charge is 0.282 e. The van der Waals surface area contributed by atoms with Gasteiger partial charge in [0.15, 0.2) is 16.6 Å². The topological polar surface area (TPSA) is 98.0 Å². The highest BCUT2D eigenvalue weighted by molar-refractivity contribution is 7.80. The van der Waals surface area contributed by atoms with E-state index in [0.717, 1.165) is 11.3 Å². The van der Waals surface area contributed by atoms with Crippen LogP contribution in [-0.2, 0) is 0 Å². The molecule has 2 aromatic rings. The molecule has 0 spiro atoms. The Balaban J connectivity index is 2.12. The first-order valence-electron chi connectivity index (χ1n) is 7.51. The highest BCUT2D eigenvalue weighted by atomic mass is 32.1. The first-order chi connectivity index (χ1) is 12.4. The van der Waals surface area contributed by atoms with Gasteiger partial charge in [0, 0.05) is 5.69 Å². The van der Waals surface area contributed by atoms with Gasteiger partial charge in [0.1, 0.15) is 0 Å². The van der Waals surface area contributed by atoms with Crippen LogP contribution < -0.4 is 20.2 Å². The number of benzene rings is 2. The summed E-state index contributed by atoms with van der Waals surface area (Å²) in [5, 5.41) is 18.4. The van der Waals surface area contributed by atoms with E-state index in [2.05, 4.69) is 15.8 Å². The Hall–Kier alpha value is -3.20. The molecular formula is C17H18N4O4S. The van der Waals surface area contributed by atoms with Crippen LogP contribution in [-0.4, -0.2) is 30.5 Å². The summed E-state index contributed by atoms with van der Waals surface area (Å²) < 4.78 is 10.2. The molecule has 8 nitrogen and oxygen atoms in total. The lowest BCUT2D eigenvalue weighted by atomic mass is 10.1. The number of hydrogen-bond donors (Lipinski definition) is 2. The van der Waals surface area contributed by atoms with E-state index in [1.54, 1.807) is 0 Å². The van der Waals surface area contributed by atoms with Crippen molar-refractivity contribution in [1.29, 1.82) is 0 Å². The van der Waals surface area contributed by atoms with E-state index in [-0.39, 0.29) is 22.1 Å². The quantitative estimate of drug-likeness (QED) is 0.347. The largest absolute Gasteiger partial charge is 0.493 e. The predicted molar refractivity (Wildman–Crippen MR) is 104 cm³/mol. The number of nitro groups is 1. The second kappa shape index (κ2) is 8.77. The first kappa shape index (κ1) is 19.1. The Morgan fingerprint density at radius 3 is 2.38 bits per heavy atom. The highest BCUT2D eigenvalue weighted by Gasteiger charge is 2.18. The van der Waals surface area contributed by atoms with Gasteiger partial charge in [-0.2, -0.15) is 5.10 Å². The van der Waals surface area contributed by atoms with Crippen molar-refractivity contribution in [2.45, 2.75) is 6.92 Å². The molecule has 0 unspecified atom stereocenters. The molecule has 0 saturated carbocycles. The molecule has 0 aromatic heterocycles. The minimum Gasteiger partial charge on any atom is -0.493 e. The second-order valence-electron chi connectivity index (χ2n) is 5.21. The van der Waals surface area contributed by atoms with E-state index < -0.39 is 4.92 Å². The van der Waals surface area contributed by atoms with E-state index >= 15 is 0 Å². The summed E-state index contributed by atoms with van der Waals surface area (Å²) >= 11 is 5.14. The van der Waals surface area contributed by atoms with Crippen molar-refractivity contribution in [3.05, 3.63) is 57.6 Å². The second-order valence-corrected chi connectivity index (χ2v) is 5.62. The lowest BCUT2D eigenvalue weighted by Gasteiger charge is -2.09. The standard InChI is InChI=1S/C17H18N4O4S/c1-11-4-6-13(7-5-11)19-17(26)20-18-10-12-8-15(24-2)16(25-3)9-14(12)21(22)23/h4-10H,1-3H3,(H2,19,20,26)/b18-10+. The maximum atomic E-state index is 11.2. The number of nitrogens with one attached hydrogen (secondary N) is 2. The van der Waals surface area contributed by atoms with Gasteiger partial charge in [-0.25, -0.2) is 0 Å². The maximum absolute atomic E-state index is 11.2. The molecule has 136 valence electrons. The van der Waals surface area contributed by atoms with Gasteiger partial charge in [0.25, 0.3) is 5.69 Å². The Morgan fingerprint density at radius 1 is 1.19 bits per heavy atom. The number of nitro benzene ring substituents is 1. The van der Waals surface area contributed by atoms with Gasteiger partial charge < -0.3 is 14.8 Å². The van der Waals surface area contributed by atoms with Gasteiger partial charge >= 0.3 is 0 Å². The zero-order valence-corrected chi connectivity index (χ0v) is 15.3. The molecule has 2 N–H and O–H groups in total. The van der Waals surface area contributed by atoms with E-state index in [0.29, 0.717) is 5.75 Å². The SMILES string of the molecule is COc1cc(/C=N/NC(=S)Nc2ccc(C)cc2)c([N+](=O)[O-])cc1OC. The van der Waals surface area contributed by atoms with E-state index in [4.69, 9.17) is 21.7 Å². The Kier molecular flexibility index (Phi) is 6.45. The van der Waals surface area contributed by atoms with Crippen LogP contribution in [0.4, 0.5) is 11.4 Å². The fourth-order valence-corrected chi connectivity index (χ4v) is 2.27. The van der Waals surface area contributed by atoms with Crippen molar-refractivity contribution < 1.29 is 14.4 Å². The van der Waals surface area contributed by atoms with Gasteiger partial charge in [-0.3, -0.25) is 15.5 Å². The van der Waals surface area contributed by atoms with E-state index in [1.807, 2.05) is 31.2 Å². The average molecular weight is 374 g/mol. The van der Waals surface area contributed by atoms with Crippen LogP contribution in [0.5, 0.6) is 11.5 Å². The van der Waals surface area contributed by atoms with Crippen molar-refractivity contribution in [3.8, 4) is 11.5 Å². The van der Waals surface area contributed by atoms with Gasteiger partial charge in [-0.15, -0.1) is 0 Å². The number of methoxy groups -OCH3 is 2. The number of rotatable bonds is 6. The highest BCUT2D eigenvalue weighted by Crippen LogP contribution is 2.33. The van der Waals surface area contributed by atoms with Crippen molar-refractivity contribution in [2.75, 3.05) is 19.5 Å². The molecule has 0 radical (unpaired) electrons. The van der Waals surface area contributed by atoms with E-state index in [9.17, 15) is 10.1 Å². The van der Waals surface area contributed by atoms with Crippen LogP contribution in [0, 0.1) is 17.0 Å². The molecule has 2 rings (SSSR count). The van der Waals surface area contributed by atoms with Crippen LogP contribution in [0.25, 0.3) is 0 Å². The number of hydrazone groups is 1. The fraction of sp³-hybridized carbons (Fsp3) is 0.176. The molecule has 9 heteroatoms. The van der Waals surface area contributed by atoms with Crippen molar-refractivity contribution in [3.63, 3.8) is 0 Å². The molecule has 0 saturated heterocycles. The van der Waals surface area contributed by atoms with Gasteiger partial charge in [-0.1, -0.05) is 17.7 Å². The summed E-state index contributed by atoms with van der Waals surface area (Å²) in [6.07, 6.45) is 1.29. The van der Waals surface area contributed by atoms with Crippen LogP contribution >= 0.6 is 12.2 Å². The molecule has 0 amide bonds. The van der Waals surface area contributed by atoms with Crippen molar-refractivity contribution in [2.24, 2.45) is 5.10 Å². The summed E-state index contributed by atoms with van der Waals surface area (Å²) in [5.41, 5.74) is 4.65. The predicted octanol–water partition coefficient (Wildman–Crippen LogP) is 3.24. The molecule has 0 fully saturated rings. The maximum Gasteiger partial charge on any atom is 0.282 e.